The van der Waals surface area contributed by atoms with Crippen LogP contribution in [0, 0.1) is 11.8 Å². The van der Waals surface area contributed by atoms with Crippen molar-refractivity contribution < 1.29 is 4.74 Å². The Balaban J connectivity index is 1.65. The number of pyridine rings is 1. The van der Waals surface area contributed by atoms with Crippen molar-refractivity contribution in [3.63, 3.8) is 0 Å². The molecule has 1 aliphatic rings. The molecule has 0 saturated heterocycles. The van der Waals surface area contributed by atoms with Crippen LogP contribution in [-0.4, -0.2) is 24.7 Å². The van der Waals surface area contributed by atoms with Gasteiger partial charge < -0.3 is 10.5 Å². The third-order valence-electron chi connectivity index (χ3n) is 3.96. The normalized spacial score (nSPS) is 24.1. The number of nitrogens with two attached hydrogens (primary N) is 1. The lowest BCUT2D eigenvalue weighted by molar-refractivity contribution is 0.0627. The zero-order valence-electron chi connectivity index (χ0n) is 11.1. The molecule has 0 aliphatic heterocycles. The minimum atomic E-state index is 0.678. The Kier molecular flexibility index (Phi) is 5.62. The molecule has 0 spiro atoms. The number of hydrogen-bond donors (Lipinski definition) is 1. The SMILES string of the molecule is NCC1CCCCC1COCCc1cccnc1. The molecule has 2 unspecified atom stereocenters. The summed E-state index contributed by atoms with van der Waals surface area (Å²) in [6.07, 6.45) is 9.92. The van der Waals surface area contributed by atoms with Crippen molar-refractivity contribution in [1.29, 1.82) is 0 Å². The maximum Gasteiger partial charge on any atom is 0.0507 e. The van der Waals surface area contributed by atoms with E-state index in [1.807, 2.05) is 12.3 Å². The van der Waals surface area contributed by atoms with Crippen molar-refractivity contribution in [2.75, 3.05) is 19.8 Å². The minimum absolute atomic E-state index is 0.678. The van der Waals surface area contributed by atoms with Gasteiger partial charge in [-0.3, -0.25) is 4.98 Å². The van der Waals surface area contributed by atoms with Crippen molar-refractivity contribution in [3.05, 3.63) is 30.1 Å². The van der Waals surface area contributed by atoms with Crippen LogP contribution in [0.3, 0.4) is 0 Å². The van der Waals surface area contributed by atoms with E-state index in [1.54, 1.807) is 6.20 Å². The third-order valence-corrected chi connectivity index (χ3v) is 3.96. The number of ether oxygens (including phenoxy) is 1. The van der Waals surface area contributed by atoms with Gasteiger partial charge in [0.25, 0.3) is 0 Å². The van der Waals surface area contributed by atoms with Crippen LogP contribution in [0.25, 0.3) is 0 Å². The fraction of sp³-hybridized carbons (Fsp3) is 0.667. The van der Waals surface area contributed by atoms with Crippen molar-refractivity contribution in [2.24, 2.45) is 17.6 Å². The smallest absolute Gasteiger partial charge is 0.0507 e. The summed E-state index contributed by atoms with van der Waals surface area (Å²) in [6, 6.07) is 4.07. The third kappa shape index (κ3) is 4.07. The number of hydrogen-bond acceptors (Lipinski definition) is 3. The molecule has 1 aromatic rings. The van der Waals surface area contributed by atoms with E-state index in [9.17, 15) is 0 Å². The summed E-state index contributed by atoms with van der Waals surface area (Å²) < 4.78 is 5.83. The maximum atomic E-state index is 5.83. The minimum Gasteiger partial charge on any atom is -0.381 e. The second-order valence-electron chi connectivity index (χ2n) is 5.23. The molecule has 1 fully saturated rings. The lowest BCUT2D eigenvalue weighted by Crippen LogP contribution is -2.30. The van der Waals surface area contributed by atoms with Gasteiger partial charge in [-0.15, -0.1) is 0 Å². The highest BCUT2D eigenvalue weighted by Crippen LogP contribution is 2.29. The number of rotatable bonds is 6. The van der Waals surface area contributed by atoms with E-state index in [0.717, 1.165) is 26.2 Å². The molecule has 0 bridgehead atoms. The summed E-state index contributed by atoms with van der Waals surface area (Å²) in [7, 11) is 0. The molecule has 0 radical (unpaired) electrons. The standard InChI is InChI=1S/C15H24N2O/c16-10-14-5-1-2-6-15(14)12-18-9-7-13-4-3-8-17-11-13/h3-4,8,11,14-15H,1-2,5-7,9-10,12,16H2. The molecule has 1 aromatic heterocycles. The molecule has 0 amide bonds. The average molecular weight is 248 g/mol. The lowest BCUT2D eigenvalue weighted by atomic mass is 9.80. The van der Waals surface area contributed by atoms with E-state index in [2.05, 4.69) is 11.1 Å². The predicted molar refractivity (Wildman–Crippen MR) is 73.3 cm³/mol. The number of aromatic nitrogens is 1. The molecule has 2 rings (SSSR count). The highest BCUT2D eigenvalue weighted by atomic mass is 16.5. The van der Waals surface area contributed by atoms with Gasteiger partial charge >= 0.3 is 0 Å². The fourth-order valence-electron chi connectivity index (χ4n) is 2.78. The van der Waals surface area contributed by atoms with Crippen molar-refractivity contribution in [2.45, 2.75) is 32.1 Å². The van der Waals surface area contributed by atoms with Gasteiger partial charge in [-0.25, -0.2) is 0 Å². The Morgan fingerprint density at radius 2 is 2.11 bits per heavy atom. The maximum absolute atomic E-state index is 5.83. The van der Waals surface area contributed by atoms with E-state index in [0.29, 0.717) is 11.8 Å². The zero-order valence-corrected chi connectivity index (χ0v) is 11.1. The van der Waals surface area contributed by atoms with Crippen LogP contribution >= 0.6 is 0 Å². The first-order valence-electron chi connectivity index (χ1n) is 7.07. The van der Waals surface area contributed by atoms with Crippen LogP contribution in [0.4, 0.5) is 0 Å². The van der Waals surface area contributed by atoms with Crippen LogP contribution in [0.5, 0.6) is 0 Å². The molecule has 2 N–H and O–H groups in total. The topological polar surface area (TPSA) is 48.1 Å². The Morgan fingerprint density at radius 3 is 2.83 bits per heavy atom. The second kappa shape index (κ2) is 7.49. The van der Waals surface area contributed by atoms with Gasteiger partial charge in [0.15, 0.2) is 0 Å². The monoisotopic (exact) mass is 248 g/mol. The molecule has 3 nitrogen and oxygen atoms in total. The van der Waals surface area contributed by atoms with E-state index >= 15 is 0 Å². The zero-order chi connectivity index (χ0) is 12.6. The summed E-state index contributed by atoms with van der Waals surface area (Å²) in [5.41, 5.74) is 7.07. The highest BCUT2D eigenvalue weighted by molar-refractivity contribution is 5.08. The first-order chi connectivity index (χ1) is 8.90. The molecule has 1 saturated carbocycles. The molecule has 1 heterocycles. The predicted octanol–water partition coefficient (Wildman–Crippen LogP) is 2.41. The first kappa shape index (κ1) is 13.5. The summed E-state index contributed by atoms with van der Waals surface area (Å²) >= 11 is 0. The lowest BCUT2D eigenvalue weighted by Gasteiger charge is -2.30. The summed E-state index contributed by atoms with van der Waals surface area (Å²) in [5, 5.41) is 0. The summed E-state index contributed by atoms with van der Waals surface area (Å²) in [6.45, 7) is 2.48. The van der Waals surface area contributed by atoms with Crippen molar-refractivity contribution in [1.82, 2.24) is 4.98 Å². The van der Waals surface area contributed by atoms with Gasteiger partial charge in [-0.2, -0.15) is 0 Å². The van der Waals surface area contributed by atoms with Crippen LogP contribution in [-0.2, 0) is 11.2 Å². The van der Waals surface area contributed by atoms with E-state index in [1.165, 1.54) is 31.2 Å². The van der Waals surface area contributed by atoms with Crippen LogP contribution in [0.15, 0.2) is 24.5 Å². The second-order valence-corrected chi connectivity index (χ2v) is 5.23. The van der Waals surface area contributed by atoms with Crippen LogP contribution < -0.4 is 5.73 Å². The Hall–Kier alpha value is -0.930. The van der Waals surface area contributed by atoms with E-state index < -0.39 is 0 Å². The van der Waals surface area contributed by atoms with E-state index in [-0.39, 0.29) is 0 Å². The van der Waals surface area contributed by atoms with Gasteiger partial charge in [0.05, 0.1) is 6.61 Å². The largest absolute Gasteiger partial charge is 0.381 e. The molecule has 18 heavy (non-hydrogen) atoms. The average Bonchev–Trinajstić information content (AvgIpc) is 2.45. The van der Waals surface area contributed by atoms with E-state index in [4.69, 9.17) is 10.5 Å². The van der Waals surface area contributed by atoms with Gasteiger partial charge in [-0.05, 0) is 49.3 Å². The Labute approximate surface area is 110 Å². The van der Waals surface area contributed by atoms with Gasteiger partial charge in [0.1, 0.15) is 0 Å². The molecular formula is C15H24N2O. The molecule has 1 aliphatic carbocycles. The quantitative estimate of drug-likeness (QED) is 0.786. The molecule has 2 atom stereocenters. The van der Waals surface area contributed by atoms with Gasteiger partial charge in [0.2, 0.25) is 0 Å². The molecule has 3 heteroatoms. The number of nitrogens with zero attached hydrogens (tertiary/aromatic N) is 1. The molecule has 0 aromatic carbocycles. The van der Waals surface area contributed by atoms with Crippen LogP contribution in [0.1, 0.15) is 31.2 Å². The first-order valence-corrected chi connectivity index (χ1v) is 7.07. The fourth-order valence-corrected chi connectivity index (χ4v) is 2.78. The summed E-state index contributed by atoms with van der Waals surface area (Å²) in [4.78, 5) is 4.11. The molecule has 100 valence electrons. The summed E-state index contributed by atoms with van der Waals surface area (Å²) in [5.74, 6) is 1.36. The van der Waals surface area contributed by atoms with Crippen molar-refractivity contribution >= 4 is 0 Å². The molecular weight excluding hydrogens is 224 g/mol. The van der Waals surface area contributed by atoms with Gasteiger partial charge in [0, 0.05) is 19.0 Å². The highest BCUT2D eigenvalue weighted by Gasteiger charge is 2.23. The Bertz CT molecular complexity index is 329. The Morgan fingerprint density at radius 1 is 1.28 bits per heavy atom. The van der Waals surface area contributed by atoms with Gasteiger partial charge in [-0.1, -0.05) is 18.9 Å². The van der Waals surface area contributed by atoms with Crippen molar-refractivity contribution in [3.8, 4) is 0 Å². The van der Waals surface area contributed by atoms with Crippen LogP contribution in [0.2, 0.25) is 0 Å².